The standard InChI is InChI=1S/C22H25ClN2O2/c1-16(2)17(3)25(22(26)21-10-6-12-27-21)15-20-9-5-11-24(20)14-18-7-4-8-19(23)13-18/h4-13,16-17H,14-15H2,1-3H3/t17-/m1/s1. The van der Waals surface area contributed by atoms with Crippen LogP contribution in [0.15, 0.2) is 65.4 Å². The Morgan fingerprint density at radius 2 is 1.96 bits per heavy atom. The van der Waals surface area contributed by atoms with E-state index in [4.69, 9.17) is 16.0 Å². The van der Waals surface area contributed by atoms with Crippen LogP contribution in [-0.4, -0.2) is 21.4 Å². The number of benzene rings is 1. The highest BCUT2D eigenvalue weighted by Crippen LogP contribution is 2.20. The quantitative estimate of drug-likeness (QED) is 0.541. The van der Waals surface area contributed by atoms with Gasteiger partial charge in [-0.1, -0.05) is 37.6 Å². The fourth-order valence-electron chi connectivity index (χ4n) is 3.06. The molecule has 1 amide bonds. The summed E-state index contributed by atoms with van der Waals surface area (Å²) in [4.78, 5) is 14.9. The number of nitrogens with zero attached hydrogens (tertiary/aromatic N) is 2. The van der Waals surface area contributed by atoms with Crippen molar-refractivity contribution in [2.24, 2.45) is 5.92 Å². The molecule has 0 aliphatic carbocycles. The van der Waals surface area contributed by atoms with Crippen LogP contribution in [0.1, 0.15) is 42.6 Å². The molecule has 2 heterocycles. The van der Waals surface area contributed by atoms with Gasteiger partial charge in [-0.2, -0.15) is 0 Å². The molecule has 0 fully saturated rings. The molecule has 142 valence electrons. The summed E-state index contributed by atoms with van der Waals surface area (Å²) >= 11 is 6.11. The van der Waals surface area contributed by atoms with E-state index in [0.717, 1.165) is 16.3 Å². The van der Waals surface area contributed by atoms with E-state index < -0.39 is 0 Å². The fourth-order valence-corrected chi connectivity index (χ4v) is 3.27. The number of hydrogen-bond donors (Lipinski definition) is 0. The van der Waals surface area contributed by atoms with E-state index in [0.29, 0.717) is 24.8 Å². The molecule has 0 bridgehead atoms. The molecule has 1 atom stereocenters. The number of hydrogen-bond acceptors (Lipinski definition) is 2. The van der Waals surface area contributed by atoms with E-state index in [2.05, 4.69) is 37.5 Å². The molecular weight excluding hydrogens is 360 g/mol. The minimum atomic E-state index is -0.0864. The fraction of sp³-hybridized carbons (Fsp3) is 0.318. The average molecular weight is 385 g/mol. The van der Waals surface area contributed by atoms with Gasteiger partial charge >= 0.3 is 0 Å². The van der Waals surface area contributed by atoms with E-state index in [1.807, 2.05) is 35.4 Å². The van der Waals surface area contributed by atoms with E-state index >= 15 is 0 Å². The van der Waals surface area contributed by atoms with Crippen molar-refractivity contribution >= 4 is 17.5 Å². The molecule has 1 aromatic carbocycles. The van der Waals surface area contributed by atoms with Gasteiger partial charge in [0, 0.05) is 29.5 Å². The first-order valence-electron chi connectivity index (χ1n) is 9.18. The lowest BCUT2D eigenvalue weighted by molar-refractivity contribution is 0.0590. The third-order valence-corrected chi connectivity index (χ3v) is 5.18. The van der Waals surface area contributed by atoms with Gasteiger partial charge in [-0.05, 0) is 54.8 Å². The maximum absolute atomic E-state index is 13.0. The SMILES string of the molecule is CC(C)[C@@H](C)N(Cc1cccn1Cc1cccc(Cl)c1)C(=O)c1ccco1. The van der Waals surface area contributed by atoms with Gasteiger partial charge in [0.05, 0.1) is 12.8 Å². The van der Waals surface area contributed by atoms with Crippen LogP contribution in [0.3, 0.4) is 0 Å². The van der Waals surface area contributed by atoms with Crippen LogP contribution in [0.2, 0.25) is 5.02 Å². The van der Waals surface area contributed by atoms with Crippen molar-refractivity contribution in [1.29, 1.82) is 0 Å². The summed E-state index contributed by atoms with van der Waals surface area (Å²) in [5, 5.41) is 0.726. The lowest BCUT2D eigenvalue weighted by atomic mass is 10.0. The maximum atomic E-state index is 13.0. The minimum absolute atomic E-state index is 0.0807. The lowest BCUT2D eigenvalue weighted by Crippen LogP contribution is -2.41. The molecule has 5 heteroatoms. The summed E-state index contributed by atoms with van der Waals surface area (Å²) in [6.07, 6.45) is 3.57. The molecule has 0 saturated carbocycles. The summed E-state index contributed by atoms with van der Waals surface area (Å²) < 4.78 is 7.51. The highest BCUT2D eigenvalue weighted by molar-refractivity contribution is 6.30. The number of aromatic nitrogens is 1. The van der Waals surface area contributed by atoms with Crippen molar-refractivity contribution in [1.82, 2.24) is 9.47 Å². The first-order valence-corrected chi connectivity index (χ1v) is 9.56. The highest BCUT2D eigenvalue weighted by Gasteiger charge is 2.26. The smallest absolute Gasteiger partial charge is 0.290 e. The van der Waals surface area contributed by atoms with Gasteiger partial charge in [0.1, 0.15) is 0 Å². The topological polar surface area (TPSA) is 38.4 Å². The summed E-state index contributed by atoms with van der Waals surface area (Å²) in [6, 6.07) is 15.4. The van der Waals surface area contributed by atoms with E-state index in [1.54, 1.807) is 12.1 Å². The second-order valence-corrected chi connectivity index (χ2v) is 7.59. The molecular formula is C22H25ClN2O2. The largest absolute Gasteiger partial charge is 0.459 e. The van der Waals surface area contributed by atoms with Crippen LogP contribution in [0.5, 0.6) is 0 Å². The van der Waals surface area contributed by atoms with Gasteiger partial charge < -0.3 is 13.9 Å². The zero-order valence-corrected chi connectivity index (χ0v) is 16.7. The molecule has 3 rings (SSSR count). The Balaban J connectivity index is 1.84. The third-order valence-electron chi connectivity index (χ3n) is 4.95. The van der Waals surface area contributed by atoms with Gasteiger partial charge in [-0.3, -0.25) is 4.79 Å². The van der Waals surface area contributed by atoms with Crippen LogP contribution in [0.25, 0.3) is 0 Å². The Morgan fingerprint density at radius 1 is 1.15 bits per heavy atom. The zero-order chi connectivity index (χ0) is 19.4. The predicted molar refractivity (Wildman–Crippen MR) is 108 cm³/mol. The van der Waals surface area contributed by atoms with E-state index in [-0.39, 0.29) is 11.9 Å². The van der Waals surface area contributed by atoms with Crippen molar-refractivity contribution in [2.75, 3.05) is 0 Å². The number of carbonyl (C=O) groups is 1. The van der Waals surface area contributed by atoms with Crippen molar-refractivity contribution in [2.45, 2.75) is 39.9 Å². The Labute approximate surface area is 165 Å². The predicted octanol–water partition coefficient (Wildman–Crippen LogP) is 5.47. The average Bonchev–Trinajstić information content (AvgIpc) is 3.31. The van der Waals surface area contributed by atoms with Crippen molar-refractivity contribution in [3.8, 4) is 0 Å². The third kappa shape index (κ3) is 4.64. The molecule has 2 aromatic heterocycles. The van der Waals surface area contributed by atoms with Gasteiger partial charge in [-0.25, -0.2) is 0 Å². The monoisotopic (exact) mass is 384 g/mol. The molecule has 0 unspecified atom stereocenters. The molecule has 0 N–H and O–H groups in total. The lowest BCUT2D eigenvalue weighted by Gasteiger charge is -2.31. The molecule has 0 aliphatic rings. The normalized spacial score (nSPS) is 12.3. The molecule has 0 spiro atoms. The number of rotatable bonds is 7. The maximum Gasteiger partial charge on any atom is 0.290 e. The molecule has 0 aliphatic heterocycles. The van der Waals surface area contributed by atoms with Crippen molar-refractivity contribution in [3.63, 3.8) is 0 Å². The van der Waals surface area contributed by atoms with Crippen molar-refractivity contribution < 1.29 is 9.21 Å². The molecule has 4 nitrogen and oxygen atoms in total. The molecule has 0 saturated heterocycles. The Morgan fingerprint density at radius 3 is 2.63 bits per heavy atom. The number of halogens is 1. The van der Waals surface area contributed by atoms with Crippen LogP contribution in [0.4, 0.5) is 0 Å². The molecule has 0 radical (unpaired) electrons. The molecule has 27 heavy (non-hydrogen) atoms. The Kier molecular flexibility index (Phi) is 6.07. The molecule has 3 aromatic rings. The van der Waals surface area contributed by atoms with Crippen LogP contribution in [0, 0.1) is 5.92 Å². The summed E-state index contributed by atoms with van der Waals surface area (Å²) in [7, 11) is 0. The van der Waals surface area contributed by atoms with Gasteiger partial charge in [0.2, 0.25) is 0 Å². The second-order valence-electron chi connectivity index (χ2n) is 7.15. The number of carbonyl (C=O) groups excluding carboxylic acids is 1. The highest BCUT2D eigenvalue weighted by atomic mass is 35.5. The second kappa shape index (κ2) is 8.49. The van der Waals surface area contributed by atoms with Crippen LogP contribution < -0.4 is 0 Å². The number of amides is 1. The first-order chi connectivity index (χ1) is 13.0. The summed E-state index contributed by atoms with van der Waals surface area (Å²) in [5.41, 5.74) is 2.20. The summed E-state index contributed by atoms with van der Waals surface area (Å²) in [6.45, 7) is 7.56. The first kappa shape index (κ1) is 19.3. The summed E-state index contributed by atoms with van der Waals surface area (Å²) in [5.74, 6) is 0.618. The Hall–Kier alpha value is -2.46. The van der Waals surface area contributed by atoms with Gasteiger partial charge in [0.25, 0.3) is 5.91 Å². The van der Waals surface area contributed by atoms with E-state index in [1.165, 1.54) is 6.26 Å². The van der Waals surface area contributed by atoms with Crippen LogP contribution >= 0.6 is 11.6 Å². The van der Waals surface area contributed by atoms with Gasteiger partial charge in [0.15, 0.2) is 5.76 Å². The van der Waals surface area contributed by atoms with E-state index in [9.17, 15) is 4.79 Å². The van der Waals surface area contributed by atoms with Crippen LogP contribution in [-0.2, 0) is 13.1 Å². The zero-order valence-electron chi connectivity index (χ0n) is 15.9. The van der Waals surface area contributed by atoms with Crippen molar-refractivity contribution in [3.05, 3.63) is 83.0 Å². The minimum Gasteiger partial charge on any atom is -0.459 e. The van der Waals surface area contributed by atoms with Gasteiger partial charge in [-0.15, -0.1) is 0 Å². The Bertz CT molecular complexity index is 883. The number of furan rings is 1.